The first-order valence-corrected chi connectivity index (χ1v) is 14.1. The fourth-order valence-electron chi connectivity index (χ4n) is 4.87. The van der Waals surface area contributed by atoms with E-state index >= 15 is 0 Å². The van der Waals surface area contributed by atoms with Gasteiger partial charge in [0.15, 0.2) is 0 Å². The average Bonchev–Trinajstić information content (AvgIpc) is 3.48. The van der Waals surface area contributed by atoms with Crippen LogP contribution in [0.1, 0.15) is 76.3 Å². The Morgan fingerprint density at radius 1 is 0.625 bits per heavy atom. The van der Waals surface area contributed by atoms with E-state index < -0.39 is 0 Å². The lowest BCUT2D eigenvalue weighted by Crippen LogP contribution is -1.99. The summed E-state index contributed by atoms with van der Waals surface area (Å²) >= 11 is 3.58. The van der Waals surface area contributed by atoms with E-state index in [1.165, 1.54) is 82.7 Å². The molecule has 5 aromatic rings. The van der Waals surface area contributed by atoms with Crippen LogP contribution in [0.5, 0.6) is 0 Å². The molecule has 0 atom stereocenters. The van der Waals surface area contributed by atoms with Crippen LogP contribution in [-0.2, 0) is 12.8 Å². The van der Waals surface area contributed by atoms with Crippen molar-refractivity contribution in [2.45, 2.75) is 78.1 Å². The number of rotatable bonds is 10. The largest absolute Gasteiger partial charge is 0.243 e. The maximum Gasteiger partial charge on any atom is 0.109 e. The van der Waals surface area contributed by atoms with E-state index in [1.54, 1.807) is 22.7 Å². The summed E-state index contributed by atoms with van der Waals surface area (Å²) in [5.74, 6) is 0. The van der Waals surface area contributed by atoms with Crippen LogP contribution in [0.4, 0.5) is 0 Å². The second kappa shape index (κ2) is 9.84. The van der Waals surface area contributed by atoms with Gasteiger partial charge in [-0.3, -0.25) is 0 Å². The number of thiophene rings is 2. The Labute approximate surface area is 198 Å². The highest BCUT2D eigenvalue weighted by Crippen LogP contribution is 2.39. The second-order valence-corrected chi connectivity index (χ2v) is 10.8. The predicted molar refractivity (Wildman–Crippen MR) is 144 cm³/mol. The molecule has 4 heteroatoms. The molecule has 0 bridgehead atoms. The molecule has 0 N–H and O–H groups in total. The molecule has 166 valence electrons. The van der Waals surface area contributed by atoms with E-state index in [0.717, 1.165) is 34.9 Å². The molecule has 0 radical (unpaired) electrons. The molecule has 3 heterocycles. The lowest BCUT2D eigenvalue weighted by atomic mass is 9.95. The lowest BCUT2D eigenvalue weighted by Gasteiger charge is -2.12. The summed E-state index contributed by atoms with van der Waals surface area (Å²) in [5.41, 5.74) is 7.27. The lowest BCUT2D eigenvalue weighted by molar-refractivity contribution is 0.651. The van der Waals surface area contributed by atoms with E-state index in [0.29, 0.717) is 0 Å². The van der Waals surface area contributed by atoms with Gasteiger partial charge in [-0.2, -0.15) is 0 Å². The molecule has 0 amide bonds. The normalized spacial score (nSPS) is 12.1. The first-order valence-electron chi connectivity index (χ1n) is 12.3. The molecule has 5 rings (SSSR count). The maximum absolute atomic E-state index is 5.22. The zero-order valence-electron chi connectivity index (χ0n) is 19.2. The number of benzene rings is 2. The molecule has 0 aliphatic carbocycles. The number of aromatic nitrogens is 2. The quantitative estimate of drug-likeness (QED) is 0.153. The van der Waals surface area contributed by atoms with Gasteiger partial charge in [0.05, 0.1) is 20.4 Å². The summed E-state index contributed by atoms with van der Waals surface area (Å²) in [6.45, 7) is 4.57. The Morgan fingerprint density at radius 2 is 1.09 bits per heavy atom. The number of unbranched alkanes of at least 4 members (excludes halogenated alkanes) is 6. The third-order valence-electron chi connectivity index (χ3n) is 6.64. The summed E-state index contributed by atoms with van der Waals surface area (Å²) in [6, 6.07) is 9.19. The summed E-state index contributed by atoms with van der Waals surface area (Å²) in [7, 11) is 0. The standard InChI is InChI=1S/C28H32N2S2/c1-3-5-7-9-11-19-17-23-24(18-20(19)12-10-8-6-4-2)30-26-25(29-23)27-21(13-15-31-27)22-14-16-32-28(22)26/h13-18H,3-12H2,1-2H3. The van der Waals surface area contributed by atoms with Gasteiger partial charge >= 0.3 is 0 Å². The van der Waals surface area contributed by atoms with Crippen molar-refractivity contribution in [3.8, 4) is 0 Å². The molecule has 0 spiro atoms. The minimum atomic E-state index is 1.06. The Kier molecular flexibility index (Phi) is 6.70. The number of hydrogen-bond donors (Lipinski definition) is 0. The third-order valence-corrected chi connectivity index (χ3v) is 8.48. The summed E-state index contributed by atoms with van der Waals surface area (Å²) in [6.07, 6.45) is 12.7. The highest BCUT2D eigenvalue weighted by atomic mass is 32.1. The van der Waals surface area contributed by atoms with Crippen molar-refractivity contribution in [2.24, 2.45) is 0 Å². The van der Waals surface area contributed by atoms with Gasteiger partial charge in [0.2, 0.25) is 0 Å². The smallest absolute Gasteiger partial charge is 0.109 e. The van der Waals surface area contributed by atoms with E-state index in [2.05, 4.69) is 48.9 Å². The van der Waals surface area contributed by atoms with E-state index in [9.17, 15) is 0 Å². The number of nitrogens with zero attached hydrogens (tertiary/aromatic N) is 2. The fraction of sp³-hybridized carbons (Fsp3) is 0.429. The van der Waals surface area contributed by atoms with Crippen molar-refractivity contribution >= 4 is 64.9 Å². The van der Waals surface area contributed by atoms with Crippen molar-refractivity contribution in [2.75, 3.05) is 0 Å². The summed E-state index contributed by atoms with van der Waals surface area (Å²) < 4.78 is 2.54. The average molecular weight is 461 g/mol. The fourth-order valence-corrected chi connectivity index (χ4v) is 6.66. The second-order valence-electron chi connectivity index (χ2n) is 8.98. The Balaban J connectivity index is 1.62. The molecule has 32 heavy (non-hydrogen) atoms. The van der Waals surface area contributed by atoms with Crippen LogP contribution >= 0.6 is 22.7 Å². The van der Waals surface area contributed by atoms with Crippen molar-refractivity contribution in [3.05, 3.63) is 46.2 Å². The predicted octanol–water partition coefficient (Wildman–Crippen LogP) is 9.46. The molecule has 2 aromatic carbocycles. The molecule has 0 saturated carbocycles. The van der Waals surface area contributed by atoms with Gasteiger partial charge in [-0.1, -0.05) is 52.4 Å². The molecular weight excluding hydrogens is 428 g/mol. The van der Waals surface area contributed by atoms with E-state index in [-0.39, 0.29) is 0 Å². The van der Waals surface area contributed by atoms with Crippen LogP contribution in [-0.4, -0.2) is 9.97 Å². The van der Waals surface area contributed by atoms with Crippen LogP contribution in [0, 0.1) is 0 Å². The van der Waals surface area contributed by atoms with Crippen molar-refractivity contribution in [3.63, 3.8) is 0 Å². The van der Waals surface area contributed by atoms with Gasteiger partial charge in [0.25, 0.3) is 0 Å². The Hall–Kier alpha value is -2.04. The minimum Gasteiger partial charge on any atom is -0.243 e. The van der Waals surface area contributed by atoms with Crippen LogP contribution in [0.2, 0.25) is 0 Å². The minimum absolute atomic E-state index is 1.06. The van der Waals surface area contributed by atoms with Gasteiger partial charge < -0.3 is 0 Å². The SMILES string of the molecule is CCCCCCc1cc2nc3c(nc2cc1CCCCCC)c1sccc1c1ccsc13. The van der Waals surface area contributed by atoms with Crippen LogP contribution in [0.3, 0.4) is 0 Å². The Bertz CT molecular complexity index is 1260. The van der Waals surface area contributed by atoms with Crippen molar-refractivity contribution < 1.29 is 0 Å². The monoisotopic (exact) mass is 460 g/mol. The molecule has 0 aliphatic heterocycles. The van der Waals surface area contributed by atoms with Crippen molar-refractivity contribution in [1.82, 2.24) is 9.97 Å². The van der Waals surface area contributed by atoms with E-state index in [4.69, 9.17) is 9.97 Å². The van der Waals surface area contributed by atoms with Gasteiger partial charge in [-0.25, -0.2) is 9.97 Å². The third kappa shape index (κ3) is 4.15. The molecule has 0 aliphatic rings. The van der Waals surface area contributed by atoms with Gasteiger partial charge in [-0.15, -0.1) is 22.7 Å². The van der Waals surface area contributed by atoms with E-state index in [1.807, 2.05) is 0 Å². The highest BCUT2D eigenvalue weighted by molar-refractivity contribution is 7.20. The van der Waals surface area contributed by atoms with Crippen LogP contribution < -0.4 is 0 Å². The van der Waals surface area contributed by atoms with Gasteiger partial charge in [0.1, 0.15) is 11.0 Å². The first kappa shape index (κ1) is 21.8. The zero-order chi connectivity index (χ0) is 21.9. The topological polar surface area (TPSA) is 25.8 Å². The summed E-state index contributed by atoms with van der Waals surface area (Å²) in [5, 5.41) is 7.01. The molecule has 3 aromatic heterocycles. The summed E-state index contributed by atoms with van der Waals surface area (Å²) in [4.78, 5) is 10.4. The van der Waals surface area contributed by atoms with Crippen LogP contribution in [0.25, 0.3) is 42.2 Å². The van der Waals surface area contributed by atoms with Gasteiger partial charge in [0, 0.05) is 10.8 Å². The Morgan fingerprint density at radius 3 is 1.53 bits per heavy atom. The van der Waals surface area contributed by atoms with Crippen LogP contribution in [0.15, 0.2) is 35.0 Å². The van der Waals surface area contributed by atoms with Crippen molar-refractivity contribution in [1.29, 1.82) is 0 Å². The molecular formula is C28H32N2S2. The molecule has 0 fully saturated rings. The maximum atomic E-state index is 5.22. The highest BCUT2D eigenvalue weighted by Gasteiger charge is 2.15. The first-order chi connectivity index (χ1) is 15.8. The zero-order valence-corrected chi connectivity index (χ0v) is 20.9. The number of hydrogen-bond acceptors (Lipinski definition) is 4. The van der Waals surface area contributed by atoms with Gasteiger partial charge in [-0.05, 0) is 71.8 Å². The molecule has 0 saturated heterocycles. The molecule has 0 unspecified atom stereocenters. The molecule has 2 nitrogen and oxygen atoms in total. The number of aryl methyl sites for hydroxylation is 2. The number of fused-ring (bicyclic) bond motifs is 7.